The molecule has 0 aromatic carbocycles. The summed E-state index contributed by atoms with van der Waals surface area (Å²) in [7, 11) is 1.90. The number of carbonyl (C=O) groups excluding carboxylic acids is 1. The maximum absolute atomic E-state index is 12.0. The van der Waals surface area contributed by atoms with Crippen LogP contribution in [0.1, 0.15) is 20.8 Å². The zero-order valence-electron chi connectivity index (χ0n) is 11.0. The van der Waals surface area contributed by atoms with Gasteiger partial charge in [0.1, 0.15) is 0 Å². The highest BCUT2D eigenvalue weighted by Gasteiger charge is 2.20. The molecule has 0 spiro atoms. The van der Waals surface area contributed by atoms with E-state index in [9.17, 15) is 4.79 Å². The highest BCUT2D eigenvalue weighted by atomic mass is 16.2. The van der Waals surface area contributed by atoms with Crippen molar-refractivity contribution in [3.63, 3.8) is 0 Å². The summed E-state index contributed by atoms with van der Waals surface area (Å²) < 4.78 is 0. The number of hydrogen-bond donors (Lipinski definition) is 1. The van der Waals surface area contributed by atoms with E-state index in [1.807, 2.05) is 11.9 Å². The van der Waals surface area contributed by atoms with Gasteiger partial charge in [-0.25, -0.2) is 0 Å². The molecule has 0 aromatic rings. The van der Waals surface area contributed by atoms with E-state index < -0.39 is 0 Å². The van der Waals surface area contributed by atoms with Crippen molar-refractivity contribution >= 4 is 5.91 Å². The van der Waals surface area contributed by atoms with E-state index in [2.05, 4.69) is 31.0 Å². The van der Waals surface area contributed by atoms with Crippen LogP contribution in [0.15, 0.2) is 0 Å². The van der Waals surface area contributed by atoms with Crippen LogP contribution in [-0.2, 0) is 4.79 Å². The molecule has 0 aliphatic carbocycles. The number of likely N-dealkylation sites (N-methyl/N-ethyl adjacent to an activating group) is 1. The monoisotopic (exact) mass is 227 g/mol. The lowest BCUT2D eigenvalue weighted by Gasteiger charge is -2.31. The predicted octanol–water partition coefficient (Wildman–Crippen LogP) is 0.396. The summed E-state index contributed by atoms with van der Waals surface area (Å²) in [5.74, 6) is 0.233. The van der Waals surface area contributed by atoms with Crippen molar-refractivity contribution in [1.82, 2.24) is 15.1 Å². The Bertz CT molecular complexity index is 229. The number of nitrogens with one attached hydrogen (secondary N) is 1. The van der Waals surface area contributed by atoms with Gasteiger partial charge in [0, 0.05) is 39.8 Å². The quantitative estimate of drug-likeness (QED) is 0.758. The van der Waals surface area contributed by atoms with Gasteiger partial charge in [-0.05, 0) is 5.41 Å². The van der Waals surface area contributed by atoms with Crippen LogP contribution >= 0.6 is 0 Å². The van der Waals surface area contributed by atoms with Crippen molar-refractivity contribution in [3.05, 3.63) is 0 Å². The maximum Gasteiger partial charge on any atom is 0.236 e. The standard InChI is InChI=1S/C12H25N3O/c1-12(2,3)10-14(4)11(16)9-15-7-5-13-6-8-15/h13H,5-10H2,1-4H3. The van der Waals surface area contributed by atoms with E-state index in [0.717, 1.165) is 32.7 Å². The van der Waals surface area contributed by atoms with Crippen molar-refractivity contribution in [3.8, 4) is 0 Å². The first-order chi connectivity index (χ1) is 7.38. The fraction of sp³-hybridized carbons (Fsp3) is 0.917. The zero-order valence-corrected chi connectivity index (χ0v) is 11.0. The van der Waals surface area contributed by atoms with Gasteiger partial charge in [0.15, 0.2) is 0 Å². The van der Waals surface area contributed by atoms with Gasteiger partial charge in [-0.1, -0.05) is 20.8 Å². The lowest BCUT2D eigenvalue weighted by atomic mass is 9.96. The van der Waals surface area contributed by atoms with Crippen molar-refractivity contribution in [2.24, 2.45) is 5.41 Å². The molecule has 16 heavy (non-hydrogen) atoms. The number of hydrogen-bond acceptors (Lipinski definition) is 3. The number of nitrogens with zero attached hydrogens (tertiary/aromatic N) is 2. The molecule has 4 nitrogen and oxygen atoms in total. The van der Waals surface area contributed by atoms with Gasteiger partial charge >= 0.3 is 0 Å². The molecular weight excluding hydrogens is 202 g/mol. The van der Waals surface area contributed by atoms with E-state index in [4.69, 9.17) is 0 Å². The highest BCUT2D eigenvalue weighted by molar-refractivity contribution is 5.78. The maximum atomic E-state index is 12.0. The Hall–Kier alpha value is -0.610. The highest BCUT2D eigenvalue weighted by Crippen LogP contribution is 2.14. The smallest absolute Gasteiger partial charge is 0.236 e. The molecule has 1 rings (SSSR count). The first kappa shape index (κ1) is 13.5. The SMILES string of the molecule is CN(CC(C)(C)C)C(=O)CN1CCNCC1. The zero-order chi connectivity index (χ0) is 12.2. The van der Waals surface area contributed by atoms with Gasteiger partial charge in [-0.15, -0.1) is 0 Å². The molecule has 1 fully saturated rings. The molecule has 1 aliphatic heterocycles. The average Bonchev–Trinajstić information content (AvgIpc) is 2.16. The first-order valence-corrected chi connectivity index (χ1v) is 6.05. The summed E-state index contributed by atoms with van der Waals surface area (Å²) in [6.07, 6.45) is 0. The summed E-state index contributed by atoms with van der Waals surface area (Å²) in [6, 6.07) is 0. The molecular formula is C12H25N3O. The molecule has 0 atom stereocenters. The van der Waals surface area contributed by atoms with Crippen LogP contribution in [0.4, 0.5) is 0 Å². The molecule has 0 bridgehead atoms. The van der Waals surface area contributed by atoms with E-state index >= 15 is 0 Å². The molecule has 0 aromatic heterocycles. The van der Waals surface area contributed by atoms with Gasteiger partial charge in [0.2, 0.25) is 5.91 Å². The second kappa shape index (κ2) is 5.64. The van der Waals surface area contributed by atoms with E-state index in [1.165, 1.54) is 0 Å². The Balaban J connectivity index is 2.33. The van der Waals surface area contributed by atoms with Crippen molar-refractivity contribution in [1.29, 1.82) is 0 Å². The minimum absolute atomic E-state index is 0.174. The van der Waals surface area contributed by atoms with E-state index in [0.29, 0.717) is 6.54 Å². The molecule has 1 heterocycles. The lowest BCUT2D eigenvalue weighted by Crippen LogP contribution is -2.48. The van der Waals surface area contributed by atoms with Crippen LogP contribution in [0.3, 0.4) is 0 Å². The Morgan fingerprint density at radius 3 is 2.38 bits per heavy atom. The van der Waals surface area contributed by atoms with Crippen molar-refractivity contribution in [2.45, 2.75) is 20.8 Å². The molecule has 1 amide bonds. The molecule has 0 radical (unpaired) electrons. The third-order valence-corrected chi connectivity index (χ3v) is 2.71. The minimum atomic E-state index is 0.174. The summed E-state index contributed by atoms with van der Waals surface area (Å²) in [4.78, 5) is 16.0. The van der Waals surface area contributed by atoms with Crippen LogP contribution in [0.5, 0.6) is 0 Å². The van der Waals surface area contributed by atoms with Gasteiger partial charge < -0.3 is 10.2 Å². The Kier molecular flexibility index (Phi) is 4.74. The van der Waals surface area contributed by atoms with Crippen LogP contribution in [0.2, 0.25) is 0 Å². The Morgan fingerprint density at radius 2 is 1.88 bits per heavy atom. The molecule has 1 N–H and O–H groups in total. The fourth-order valence-electron chi connectivity index (χ4n) is 1.98. The fourth-order valence-corrected chi connectivity index (χ4v) is 1.98. The summed E-state index contributed by atoms with van der Waals surface area (Å²) in [5, 5.41) is 3.29. The van der Waals surface area contributed by atoms with Gasteiger partial charge in [0.05, 0.1) is 6.54 Å². The third kappa shape index (κ3) is 4.94. The third-order valence-electron chi connectivity index (χ3n) is 2.71. The van der Waals surface area contributed by atoms with Crippen molar-refractivity contribution in [2.75, 3.05) is 46.3 Å². The minimum Gasteiger partial charge on any atom is -0.344 e. The number of piperazine rings is 1. The Morgan fingerprint density at radius 1 is 1.31 bits per heavy atom. The molecule has 94 valence electrons. The number of carbonyl (C=O) groups is 1. The largest absolute Gasteiger partial charge is 0.344 e. The van der Waals surface area contributed by atoms with Gasteiger partial charge in [-0.2, -0.15) is 0 Å². The van der Waals surface area contributed by atoms with Crippen LogP contribution < -0.4 is 5.32 Å². The molecule has 4 heteroatoms. The molecule has 0 unspecified atom stereocenters. The molecule has 1 aliphatic rings. The Labute approximate surface area is 99.0 Å². The second-order valence-electron chi connectivity index (χ2n) is 5.84. The number of amides is 1. The summed E-state index contributed by atoms with van der Waals surface area (Å²) >= 11 is 0. The normalized spacial score (nSPS) is 18.5. The molecule has 1 saturated heterocycles. The van der Waals surface area contributed by atoms with Gasteiger partial charge in [0.25, 0.3) is 0 Å². The van der Waals surface area contributed by atoms with E-state index in [-0.39, 0.29) is 11.3 Å². The lowest BCUT2D eigenvalue weighted by molar-refractivity contribution is -0.132. The molecule has 0 saturated carbocycles. The summed E-state index contributed by atoms with van der Waals surface area (Å²) in [5.41, 5.74) is 0.174. The van der Waals surface area contributed by atoms with Gasteiger partial charge in [-0.3, -0.25) is 9.69 Å². The van der Waals surface area contributed by atoms with Crippen LogP contribution in [0, 0.1) is 5.41 Å². The van der Waals surface area contributed by atoms with Crippen molar-refractivity contribution < 1.29 is 4.79 Å². The van der Waals surface area contributed by atoms with Crippen LogP contribution in [0.25, 0.3) is 0 Å². The topological polar surface area (TPSA) is 35.6 Å². The number of rotatable bonds is 3. The second-order valence-corrected chi connectivity index (χ2v) is 5.84. The van der Waals surface area contributed by atoms with E-state index in [1.54, 1.807) is 0 Å². The predicted molar refractivity (Wildman–Crippen MR) is 66.4 cm³/mol. The average molecular weight is 227 g/mol. The first-order valence-electron chi connectivity index (χ1n) is 6.05. The van der Waals surface area contributed by atoms with Crippen LogP contribution in [-0.4, -0.2) is 62.0 Å². The summed E-state index contributed by atoms with van der Waals surface area (Å²) in [6.45, 7) is 11.8.